The Morgan fingerprint density at radius 1 is 1.42 bits per heavy atom. The molecular weight excluding hydrogens is 246 g/mol. The number of aliphatic carboxylic acids is 1. The van der Waals surface area contributed by atoms with Crippen molar-refractivity contribution >= 4 is 5.97 Å². The second-order valence-corrected chi connectivity index (χ2v) is 4.52. The van der Waals surface area contributed by atoms with Gasteiger partial charge in [0.2, 0.25) is 0 Å². The first-order valence-electron chi connectivity index (χ1n) is 6.35. The Morgan fingerprint density at radius 2 is 2.11 bits per heavy atom. The lowest BCUT2D eigenvalue weighted by molar-refractivity contribution is -0.145. The summed E-state index contributed by atoms with van der Waals surface area (Å²) in [6, 6.07) is 6.91. The van der Waals surface area contributed by atoms with Crippen molar-refractivity contribution in [2.45, 2.75) is 12.6 Å². The van der Waals surface area contributed by atoms with Crippen molar-refractivity contribution in [3.8, 4) is 0 Å². The van der Waals surface area contributed by atoms with Crippen LogP contribution < -0.4 is 0 Å². The van der Waals surface area contributed by atoms with Crippen LogP contribution in [0.3, 0.4) is 0 Å². The number of carboxylic acids is 1. The number of hydrogen-bond donors (Lipinski definition) is 1. The van der Waals surface area contributed by atoms with Crippen molar-refractivity contribution < 1.29 is 19.4 Å². The van der Waals surface area contributed by atoms with Gasteiger partial charge in [-0.15, -0.1) is 0 Å². The van der Waals surface area contributed by atoms with Crippen LogP contribution in [0.1, 0.15) is 17.2 Å². The highest BCUT2D eigenvalue weighted by atomic mass is 16.5. The fraction of sp³-hybridized carbons (Fsp3) is 0.500. The van der Waals surface area contributed by atoms with Crippen molar-refractivity contribution in [3.05, 3.63) is 35.4 Å². The lowest BCUT2D eigenvalue weighted by Gasteiger charge is -2.33. The number of ether oxygens (including phenoxy) is 2. The fourth-order valence-electron chi connectivity index (χ4n) is 2.41. The van der Waals surface area contributed by atoms with Gasteiger partial charge in [-0.05, 0) is 11.1 Å². The molecule has 5 nitrogen and oxygen atoms in total. The molecule has 19 heavy (non-hydrogen) atoms. The first-order chi connectivity index (χ1) is 9.24. The van der Waals surface area contributed by atoms with Crippen LogP contribution in [-0.4, -0.2) is 49.4 Å². The molecule has 1 aliphatic heterocycles. The SMILES string of the molecule is COCc1ccccc1C(C(=O)O)N1CCOCC1. The third kappa shape index (κ3) is 3.32. The molecule has 5 heteroatoms. The predicted octanol–water partition coefficient (Wildman–Crippen LogP) is 1.29. The molecule has 1 atom stereocenters. The predicted molar refractivity (Wildman–Crippen MR) is 69.9 cm³/mol. The first-order valence-corrected chi connectivity index (χ1v) is 6.35. The largest absolute Gasteiger partial charge is 0.480 e. The molecule has 1 heterocycles. The Kier molecular flexibility index (Phi) is 4.90. The normalized spacial score (nSPS) is 18.2. The number of hydrogen-bond acceptors (Lipinski definition) is 4. The lowest BCUT2D eigenvalue weighted by atomic mass is 9.99. The zero-order valence-corrected chi connectivity index (χ0v) is 11.0. The molecule has 0 aliphatic carbocycles. The Labute approximate surface area is 112 Å². The average molecular weight is 265 g/mol. The van der Waals surface area contributed by atoms with Crippen molar-refractivity contribution in [2.24, 2.45) is 0 Å². The van der Waals surface area contributed by atoms with Gasteiger partial charge in [0.25, 0.3) is 0 Å². The standard InChI is InChI=1S/C14H19NO4/c1-18-10-11-4-2-3-5-12(11)13(14(16)17)15-6-8-19-9-7-15/h2-5,13H,6-10H2,1H3,(H,16,17). The molecule has 104 valence electrons. The minimum absolute atomic E-state index is 0.421. The van der Waals surface area contributed by atoms with Gasteiger partial charge >= 0.3 is 5.97 Å². The van der Waals surface area contributed by atoms with E-state index >= 15 is 0 Å². The van der Waals surface area contributed by atoms with Gasteiger partial charge in [-0.2, -0.15) is 0 Å². The Bertz CT molecular complexity index is 429. The highest BCUT2D eigenvalue weighted by molar-refractivity contribution is 5.76. The molecule has 0 bridgehead atoms. The maximum atomic E-state index is 11.6. The van der Waals surface area contributed by atoms with Gasteiger partial charge in [-0.1, -0.05) is 24.3 Å². The average Bonchev–Trinajstić information content (AvgIpc) is 2.42. The van der Waals surface area contributed by atoms with E-state index in [0.717, 1.165) is 11.1 Å². The van der Waals surface area contributed by atoms with Crippen molar-refractivity contribution in [1.82, 2.24) is 4.90 Å². The van der Waals surface area contributed by atoms with Crippen molar-refractivity contribution in [1.29, 1.82) is 0 Å². The molecule has 1 aromatic rings. The zero-order valence-electron chi connectivity index (χ0n) is 11.0. The number of carbonyl (C=O) groups is 1. The van der Waals surface area contributed by atoms with E-state index < -0.39 is 12.0 Å². The molecule has 1 aromatic carbocycles. The minimum Gasteiger partial charge on any atom is -0.480 e. The summed E-state index contributed by atoms with van der Waals surface area (Å²) in [5, 5.41) is 9.55. The second kappa shape index (κ2) is 6.65. The molecule has 0 amide bonds. The van der Waals surface area contributed by atoms with E-state index in [9.17, 15) is 9.90 Å². The maximum absolute atomic E-state index is 11.6. The smallest absolute Gasteiger partial charge is 0.325 e. The van der Waals surface area contributed by atoms with Gasteiger partial charge in [0.1, 0.15) is 6.04 Å². The van der Waals surface area contributed by atoms with E-state index in [-0.39, 0.29) is 0 Å². The van der Waals surface area contributed by atoms with Crippen LogP contribution in [0.4, 0.5) is 0 Å². The lowest BCUT2D eigenvalue weighted by Crippen LogP contribution is -2.42. The van der Waals surface area contributed by atoms with Gasteiger partial charge in [-0.25, -0.2) is 0 Å². The van der Waals surface area contributed by atoms with Gasteiger partial charge in [-0.3, -0.25) is 9.69 Å². The van der Waals surface area contributed by atoms with Crippen LogP contribution in [-0.2, 0) is 20.9 Å². The van der Waals surface area contributed by atoms with E-state index in [4.69, 9.17) is 9.47 Å². The highest BCUT2D eigenvalue weighted by Crippen LogP contribution is 2.25. The van der Waals surface area contributed by atoms with Crippen molar-refractivity contribution in [3.63, 3.8) is 0 Å². The molecule has 1 fully saturated rings. The molecule has 1 N–H and O–H groups in total. The molecule has 1 saturated heterocycles. The number of rotatable bonds is 5. The monoisotopic (exact) mass is 265 g/mol. The van der Waals surface area contributed by atoms with Gasteiger partial charge in [0, 0.05) is 20.2 Å². The summed E-state index contributed by atoms with van der Waals surface area (Å²) >= 11 is 0. The molecule has 0 aromatic heterocycles. The zero-order chi connectivity index (χ0) is 13.7. The number of benzene rings is 1. The Hall–Kier alpha value is -1.43. The maximum Gasteiger partial charge on any atom is 0.325 e. The number of nitrogens with zero attached hydrogens (tertiary/aromatic N) is 1. The van der Waals surface area contributed by atoms with Gasteiger partial charge < -0.3 is 14.6 Å². The highest BCUT2D eigenvalue weighted by Gasteiger charge is 2.30. The molecule has 2 rings (SSSR count). The minimum atomic E-state index is -0.828. The van der Waals surface area contributed by atoms with E-state index in [2.05, 4.69) is 0 Å². The second-order valence-electron chi connectivity index (χ2n) is 4.52. The summed E-state index contributed by atoms with van der Waals surface area (Å²) in [5.41, 5.74) is 1.72. The number of methoxy groups -OCH3 is 1. The third-order valence-corrected chi connectivity index (χ3v) is 3.29. The summed E-state index contributed by atoms with van der Waals surface area (Å²) in [5.74, 6) is -0.828. The quantitative estimate of drug-likeness (QED) is 0.869. The van der Waals surface area contributed by atoms with E-state index in [0.29, 0.717) is 32.9 Å². The van der Waals surface area contributed by atoms with Crippen LogP contribution >= 0.6 is 0 Å². The van der Waals surface area contributed by atoms with Crippen molar-refractivity contribution in [2.75, 3.05) is 33.4 Å². The van der Waals surface area contributed by atoms with Crippen LogP contribution in [0.15, 0.2) is 24.3 Å². The molecule has 0 radical (unpaired) electrons. The summed E-state index contributed by atoms with van der Waals surface area (Å²) in [6.45, 7) is 2.85. The third-order valence-electron chi connectivity index (χ3n) is 3.29. The fourth-order valence-corrected chi connectivity index (χ4v) is 2.41. The van der Waals surface area contributed by atoms with E-state index in [1.165, 1.54) is 0 Å². The van der Waals surface area contributed by atoms with Crippen LogP contribution in [0, 0.1) is 0 Å². The number of morpholine rings is 1. The Balaban J connectivity index is 2.30. The summed E-state index contributed by atoms with van der Waals surface area (Å²) in [7, 11) is 1.61. The molecular formula is C14H19NO4. The Morgan fingerprint density at radius 3 is 2.74 bits per heavy atom. The molecule has 0 saturated carbocycles. The van der Waals surface area contributed by atoms with E-state index in [1.807, 2.05) is 29.2 Å². The summed E-state index contributed by atoms with van der Waals surface area (Å²) < 4.78 is 10.4. The molecule has 0 spiro atoms. The van der Waals surface area contributed by atoms with Crippen LogP contribution in [0.5, 0.6) is 0 Å². The summed E-state index contributed by atoms with van der Waals surface area (Å²) in [4.78, 5) is 13.6. The van der Waals surface area contributed by atoms with Crippen LogP contribution in [0.25, 0.3) is 0 Å². The summed E-state index contributed by atoms with van der Waals surface area (Å²) in [6.07, 6.45) is 0. The van der Waals surface area contributed by atoms with Gasteiger partial charge in [0.05, 0.1) is 19.8 Å². The number of carboxylic acid groups (broad SMARTS) is 1. The first kappa shape index (κ1) is 14.0. The topological polar surface area (TPSA) is 59.0 Å². The van der Waals surface area contributed by atoms with Crippen LogP contribution in [0.2, 0.25) is 0 Å². The molecule has 1 unspecified atom stereocenters. The van der Waals surface area contributed by atoms with Gasteiger partial charge in [0.15, 0.2) is 0 Å². The molecule has 1 aliphatic rings. The van der Waals surface area contributed by atoms with E-state index in [1.54, 1.807) is 7.11 Å².